The minimum absolute atomic E-state index is 0.242. The lowest BCUT2D eigenvalue weighted by molar-refractivity contribution is -0.274. The van der Waals surface area contributed by atoms with E-state index in [9.17, 15) is 13.2 Å². The summed E-state index contributed by atoms with van der Waals surface area (Å²) in [5.41, 5.74) is 1.73. The predicted octanol–water partition coefficient (Wildman–Crippen LogP) is 4.36. The van der Waals surface area contributed by atoms with Crippen LogP contribution in [-0.4, -0.2) is 38.2 Å². The van der Waals surface area contributed by atoms with Crippen molar-refractivity contribution in [2.45, 2.75) is 13.0 Å². The summed E-state index contributed by atoms with van der Waals surface area (Å²) in [6.07, 6.45) is -0.688. The van der Waals surface area contributed by atoms with E-state index >= 15 is 0 Å². The van der Waals surface area contributed by atoms with Gasteiger partial charge in [0.15, 0.2) is 0 Å². The lowest BCUT2D eigenvalue weighted by Gasteiger charge is -2.21. The molecule has 1 heterocycles. The van der Waals surface area contributed by atoms with Crippen molar-refractivity contribution < 1.29 is 27.4 Å². The first kappa shape index (κ1) is 19.9. The SMILES string of the molecule is COCCN1C=CN(c2cccc(OCc3ccc(OC(F)(F)F)cc3)c2)C1. The van der Waals surface area contributed by atoms with E-state index in [1.807, 2.05) is 36.7 Å². The van der Waals surface area contributed by atoms with E-state index in [2.05, 4.69) is 14.5 Å². The van der Waals surface area contributed by atoms with Gasteiger partial charge in [0, 0.05) is 37.8 Å². The van der Waals surface area contributed by atoms with Crippen molar-refractivity contribution in [3.05, 3.63) is 66.5 Å². The lowest BCUT2D eigenvalue weighted by Crippen LogP contribution is -2.27. The van der Waals surface area contributed by atoms with Crippen molar-refractivity contribution in [1.29, 1.82) is 0 Å². The minimum Gasteiger partial charge on any atom is -0.489 e. The lowest BCUT2D eigenvalue weighted by atomic mass is 10.2. The Bertz CT molecular complexity index is 794. The molecule has 1 aliphatic rings. The van der Waals surface area contributed by atoms with Crippen molar-refractivity contribution in [2.24, 2.45) is 0 Å². The van der Waals surface area contributed by atoms with Crippen molar-refractivity contribution in [3.63, 3.8) is 0 Å². The van der Waals surface area contributed by atoms with E-state index in [4.69, 9.17) is 9.47 Å². The quantitative estimate of drug-likeness (QED) is 0.665. The number of methoxy groups -OCH3 is 1. The van der Waals surface area contributed by atoms with Gasteiger partial charge in [-0.1, -0.05) is 18.2 Å². The molecule has 1 aliphatic heterocycles. The van der Waals surface area contributed by atoms with E-state index in [1.165, 1.54) is 12.1 Å². The number of hydrogen-bond acceptors (Lipinski definition) is 5. The second kappa shape index (κ2) is 8.88. The van der Waals surface area contributed by atoms with Crippen LogP contribution in [0.15, 0.2) is 60.9 Å². The van der Waals surface area contributed by atoms with E-state index in [-0.39, 0.29) is 12.4 Å². The monoisotopic (exact) mass is 394 g/mol. The first-order valence-corrected chi connectivity index (χ1v) is 8.68. The zero-order valence-corrected chi connectivity index (χ0v) is 15.4. The molecular formula is C20H21F3N2O3. The molecule has 150 valence electrons. The number of alkyl halides is 3. The van der Waals surface area contributed by atoms with Crippen molar-refractivity contribution in [1.82, 2.24) is 4.90 Å². The first-order valence-electron chi connectivity index (χ1n) is 8.68. The number of hydrogen-bond donors (Lipinski definition) is 0. The fourth-order valence-corrected chi connectivity index (χ4v) is 2.69. The minimum atomic E-state index is -4.69. The third-order valence-corrected chi connectivity index (χ3v) is 4.09. The average Bonchev–Trinajstić information content (AvgIpc) is 3.14. The highest BCUT2D eigenvalue weighted by molar-refractivity contribution is 5.53. The Kier molecular flexibility index (Phi) is 6.30. The maximum Gasteiger partial charge on any atom is 0.573 e. The molecule has 0 unspecified atom stereocenters. The number of benzene rings is 2. The van der Waals surface area contributed by atoms with Crippen LogP contribution in [-0.2, 0) is 11.3 Å². The maximum atomic E-state index is 12.2. The molecule has 0 fully saturated rings. The Hall–Kier alpha value is -2.87. The molecule has 2 aromatic carbocycles. The van der Waals surface area contributed by atoms with Gasteiger partial charge in [-0.2, -0.15) is 0 Å². The summed E-state index contributed by atoms with van der Waals surface area (Å²) in [7, 11) is 1.68. The summed E-state index contributed by atoms with van der Waals surface area (Å²) in [5.74, 6) is 0.425. The standard InChI is InChI=1S/C20H21F3N2O3/c1-26-12-11-24-9-10-25(15-24)17-3-2-4-19(13-17)27-14-16-5-7-18(8-6-16)28-20(21,22)23/h2-10,13H,11-12,14-15H2,1H3. The molecule has 0 N–H and O–H groups in total. The molecule has 0 spiro atoms. The van der Waals surface area contributed by atoms with Crippen LogP contribution in [0.2, 0.25) is 0 Å². The van der Waals surface area contributed by atoms with Gasteiger partial charge in [-0.3, -0.25) is 0 Å². The summed E-state index contributed by atoms with van der Waals surface area (Å²) < 4.78 is 51.3. The summed E-state index contributed by atoms with van der Waals surface area (Å²) in [4.78, 5) is 4.23. The van der Waals surface area contributed by atoms with Crippen molar-refractivity contribution in [2.75, 3.05) is 31.8 Å². The molecule has 0 saturated carbocycles. The van der Waals surface area contributed by atoms with Gasteiger partial charge in [-0.05, 0) is 29.8 Å². The van der Waals surface area contributed by atoms with Crippen molar-refractivity contribution >= 4 is 5.69 Å². The number of rotatable bonds is 8. The van der Waals surface area contributed by atoms with Gasteiger partial charge < -0.3 is 24.0 Å². The third-order valence-electron chi connectivity index (χ3n) is 4.09. The van der Waals surface area contributed by atoms with E-state index in [1.54, 1.807) is 19.2 Å². The third kappa shape index (κ3) is 5.82. The molecule has 0 radical (unpaired) electrons. The molecule has 0 bridgehead atoms. The van der Waals surface area contributed by atoms with E-state index < -0.39 is 6.36 Å². The highest BCUT2D eigenvalue weighted by atomic mass is 19.4. The Morgan fingerprint density at radius 3 is 2.50 bits per heavy atom. The molecule has 0 saturated heterocycles. The van der Waals surface area contributed by atoms with Crippen LogP contribution in [0, 0.1) is 0 Å². The number of halogens is 3. The Morgan fingerprint density at radius 2 is 1.79 bits per heavy atom. The molecule has 28 heavy (non-hydrogen) atoms. The van der Waals surface area contributed by atoms with Gasteiger partial charge in [-0.25, -0.2) is 0 Å². The Labute approximate surface area is 161 Å². The van der Waals surface area contributed by atoms with Crippen LogP contribution >= 0.6 is 0 Å². The topological polar surface area (TPSA) is 34.2 Å². The highest BCUT2D eigenvalue weighted by Crippen LogP contribution is 2.26. The predicted molar refractivity (Wildman–Crippen MR) is 99.0 cm³/mol. The second-order valence-corrected chi connectivity index (χ2v) is 6.19. The molecule has 5 nitrogen and oxygen atoms in total. The van der Waals surface area contributed by atoms with Gasteiger partial charge in [-0.15, -0.1) is 13.2 Å². The summed E-state index contributed by atoms with van der Waals surface area (Å²) >= 11 is 0. The smallest absolute Gasteiger partial charge is 0.489 e. The van der Waals surface area contributed by atoms with Crippen molar-refractivity contribution in [3.8, 4) is 11.5 Å². The fraction of sp³-hybridized carbons (Fsp3) is 0.300. The van der Waals surface area contributed by atoms with Gasteiger partial charge in [0.1, 0.15) is 18.1 Å². The highest BCUT2D eigenvalue weighted by Gasteiger charge is 2.30. The van der Waals surface area contributed by atoms with Crippen LogP contribution in [0.1, 0.15) is 5.56 Å². The normalized spacial score (nSPS) is 13.9. The van der Waals surface area contributed by atoms with Gasteiger partial charge in [0.25, 0.3) is 0 Å². The van der Waals surface area contributed by atoms with Gasteiger partial charge >= 0.3 is 6.36 Å². The summed E-state index contributed by atoms with van der Waals surface area (Å²) in [6, 6.07) is 13.3. The molecule has 0 amide bonds. The number of nitrogens with zero attached hydrogens (tertiary/aromatic N) is 2. The van der Waals surface area contributed by atoms with Gasteiger partial charge in [0.2, 0.25) is 0 Å². The zero-order chi connectivity index (χ0) is 20.0. The fourth-order valence-electron chi connectivity index (χ4n) is 2.69. The maximum absolute atomic E-state index is 12.2. The molecule has 3 rings (SSSR count). The Morgan fingerprint density at radius 1 is 1.00 bits per heavy atom. The Balaban J connectivity index is 1.54. The summed E-state index contributed by atoms with van der Waals surface area (Å²) in [6.45, 7) is 2.45. The average molecular weight is 394 g/mol. The molecule has 0 aromatic heterocycles. The molecular weight excluding hydrogens is 373 g/mol. The molecule has 8 heteroatoms. The van der Waals surface area contributed by atoms with Crippen LogP contribution in [0.5, 0.6) is 11.5 Å². The van der Waals surface area contributed by atoms with Crippen LogP contribution < -0.4 is 14.4 Å². The first-order chi connectivity index (χ1) is 13.4. The number of anilines is 1. The molecule has 0 aliphatic carbocycles. The largest absolute Gasteiger partial charge is 0.573 e. The van der Waals surface area contributed by atoms with Gasteiger partial charge in [0.05, 0.1) is 13.3 Å². The van der Waals surface area contributed by atoms with Crippen LogP contribution in [0.3, 0.4) is 0 Å². The number of ether oxygens (including phenoxy) is 3. The zero-order valence-electron chi connectivity index (χ0n) is 15.4. The molecule has 0 atom stereocenters. The van der Waals surface area contributed by atoms with E-state index in [0.29, 0.717) is 12.4 Å². The van der Waals surface area contributed by atoms with Crippen LogP contribution in [0.4, 0.5) is 18.9 Å². The van der Waals surface area contributed by atoms with Crippen LogP contribution in [0.25, 0.3) is 0 Å². The van der Waals surface area contributed by atoms with E-state index in [0.717, 1.165) is 24.5 Å². The summed E-state index contributed by atoms with van der Waals surface area (Å²) in [5, 5.41) is 0. The molecule has 2 aromatic rings. The second-order valence-electron chi connectivity index (χ2n) is 6.19.